The van der Waals surface area contributed by atoms with Crippen molar-refractivity contribution in [2.24, 2.45) is 0 Å². The van der Waals surface area contributed by atoms with Crippen molar-refractivity contribution in [3.8, 4) is 28.8 Å². The van der Waals surface area contributed by atoms with Gasteiger partial charge in [-0.25, -0.2) is 9.97 Å². The molecule has 2 aliphatic rings. The molecule has 186 valence electrons. The number of nitrogens with zero attached hydrogens (tertiary/aromatic N) is 4. The Bertz CT molecular complexity index is 1230. The predicted octanol–water partition coefficient (Wildman–Crippen LogP) is 4.01. The van der Waals surface area contributed by atoms with Crippen LogP contribution in [0.15, 0.2) is 48.7 Å². The molecule has 8 nitrogen and oxygen atoms in total. The van der Waals surface area contributed by atoms with Gasteiger partial charge in [-0.2, -0.15) is 5.26 Å². The van der Waals surface area contributed by atoms with Crippen LogP contribution in [0.4, 0.5) is 5.69 Å². The molecule has 36 heavy (non-hydrogen) atoms. The lowest BCUT2D eigenvalue weighted by Crippen LogP contribution is -2.36. The Morgan fingerprint density at radius 1 is 1.00 bits per heavy atom. The molecule has 0 atom stereocenters. The van der Waals surface area contributed by atoms with E-state index in [9.17, 15) is 5.26 Å². The fourth-order valence-corrected chi connectivity index (χ4v) is 4.58. The maximum Gasteiger partial charge on any atom is 0.142 e. The number of benzene rings is 2. The number of methoxy groups -OCH3 is 1. The van der Waals surface area contributed by atoms with E-state index in [0.29, 0.717) is 36.8 Å². The molecule has 1 aromatic heterocycles. The van der Waals surface area contributed by atoms with Crippen LogP contribution in [0.5, 0.6) is 11.5 Å². The van der Waals surface area contributed by atoms with Crippen LogP contribution in [0.25, 0.3) is 11.3 Å². The molecule has 0 N–H and O–H groups in total. The summed E-state index contributed by atoms with van der Waals surface area (Å²) in [6, 6.07) is 16.0. The van der Waals surface area contributed by atoms with Gasteiger partial charge in [0.2, 0.25) is 0 Å². The van der Waals surface area contributed by atoms with E-state index in [1.807, 2.05) is 24.3 Å². The lowest BCUT2D eigenvalue weighted by Gasteiger charge is -2.30. The van der Waals surface area contributed by atoms with Crippen LogP contribution in [-0.4, -0.2) is 62.7 Å². The summed E-state index contributed by atoms with van der Waals surface area (Å²) in [5, 5.41) is 9.72. The van der Waals surface area contributed by atoms with Crippen LogP contribution in [0.2, 0.25) is 0 Å². The van der Waals surface area contributed by atoms with Gasteiger partial charge in [0, 0.05) is 44.1 Å². The number of rotatable bonds is 7. The molecule has 5 rings (SSSR count). The zero-order valence-electron chi connectivity index (χ0n) is 20.5. The van der Waals surface area contributed by atoms with Crippen molar-refractivity contribution < 1.29 is 18.9 Å². The Labute approximate surface area is 211 Å². The average molecular weight is 487 g/mol. The Kier molecular flexibility index (Phi) is 7.60. The molecule has 0 aliphatic carbocycles. The van der Waals surface area contributed by atoms with Crippen LogP contribution < -0.4 is 14.4 Å². The first kappa shape index (κ1) is 24.0. The van der Waals surface area contributed by atoms with Crippen molar-refractivity contribution in [1.29, 1.82) is 5.26 Å². The third-order valence-corrected chi connectivity index (χ3v) is 6.52. The molecule has 8 heteroatoms. The summed E-state index contributed by atoms with van der Waals surface area (Å²) in [6.07, 6.45) is 4.08. The van der Waals surface area contributed by atoms with E-state index in [-0.39, 0.29) is 6.10 Å². The highest BCUT2D eigenvalue weighted by Gasteiger charge is 2.18. The van der Waals surface area contributed by atoms with Crippen LogP contribution in [0, 0.1) is 11.3 Å². The van der Waals surface area contributed by atoms with E-state index in [1.165, 1.54) is 0 Å². The first-order valence-corrected chi connectivity index (χ1v) is 12.3. The number of hydrogen-bond donors (Lipinski definition) is 0. The molecule has 2 saturated heterocycles. The standard InChI is InChI=1S/C28H30N4O4/c1-33-27-16-20(2-4-25(27)32-10-14-35-15-11-32)17-28-30-9-6-24(31-28)21-3-5-26(22(18-21)19-29)36-23-7-12-34-13-8-23/h2-6,9,16,18,23H,7-8,10-15,17H2,1H3. The molecular weight excluding hydrogens is 456 g/mol. The molecule has 0 radical (unpaired) electrons. The maximum absolute atomic E-state index is 9.72. The largest absolute Gasteiger partial charge is 0.495 e. The number of hydrogen-bond acceptors (Lipinski definition) is 8. The van der Waals surface area contributed by atoms with Crippen LogP contribution in [0.3, 0.4) is 0 Å². The molecular formula is C28H30N4O4. The predicted molar refractivity (Wildman–Crippen MR) is 135 cm³/mol. The van der Waals surface area contributed by atoms with Gasteiger partial charge >= 0.3 is 0 Å². The SMILES string of the molecule is COc1cc(Cc2nccc(-c3ccc(OC4CCOCC4)c(C#N)c3)n2)ccc1N1CCOCC1. The monoisotopic (exact) mass is 486 g/mol. The van der Waals surface area contributed by atoms with E-state index in [4.69, 9.17) is 23.9 Å². The second kappa shape index (κ2) is 11.4. The molecule has 3 heterocycles. The Morgan fingerprint density at radius 2 is 1.81 bits per heavy atom. The molecule has 0 unspecified atom stereocenters. The van der Waals surface area contributed by atoms with Gasteiger partial charge in [-0.05, 0) is 42.0 Å². The molecule has 2 fully saturated rings. The number of morpholine rings is 1. The topological polar surface area (TPSA) is 89.7 Å². The summed E-state index contributed by atoms with van der Waals surface area (Å²) in [7, 11) is 1.70. The lowest BCUT2D eigenvalue weighted by molar-refractivity contribution is 0.0254. The summed E-state index contributed by atoms with van der Waals surface area (Å²) in [6.45, 7) is 4.53. The van der Waals surface area contributed by atoms with Crippen LogP contribution >= 0.6 is 0 Å². The average Bonchev–Trinajstić information content (AvgIpc) is 2.94. The van der Waals surface area contributed by atoms with E-state index >= 15 is 0 Å². The highest BCUT2D eigenvalue weighted by Crippen LogP contribution is 2.31. The second-order valence-electron chi connectivity index (χ2n) is 8.89. The van der Waals surface area contributed by atoms with E-state index in [0.717, 1.165) is 67.4 Å². The fourth-order valence-electron chi connectivity index (χ4n) is 4.58. The second-order valence-corrected chi connectivity index (χ2v) is 8.89. The summed E-state index contributed by atoms with van der Waals surface area (Å²) in [4.78, 5) is 11.5. The van der Waals surface area contributed by atoms with Gasteiger partial charge in [-0.1, -0.05) is 6.07 Å². The van der Waals surface area contributed by atoms with Crippen molar-refractivity contribution in [2.45, 2.75) is 25.4 Å². The molecule has 0 amide bonds. The molecule has 2 aliphatic heterocycles. The highest BCUT2D eigenvalue weighted by atomic mass is 16.5. The first-order chi connectivity index (χ1) is 17.7. The minimum absolute atomic E-state index is 0.0778. The van der Waals surface area contributed by atoms with E-state index in [1.54, 1.807) is 13.3 Å². The normalized spacial score (nSPS) is 16.4. The minimum atomic E-state index is 0.0778. The van der Waals surface area contributed by atoms with Gasteiger partial charge in [-0.3, -0.25) is 0 Å². The van der Waals surface area contributed by atoms with Gasteiger partial charge in [0.05, 0.1) is 50.5 Å². The Morgan fingerprint density at radius 3 is 2.58 bits per heavy atom. The first-order valence-electron chi connectivity index (χ1n) is 12.3. The fraction of sp³-hybridized carbons (Fsp3) is 0.393. The highest BCUT2D eigenvalue weighted by molar-refractivity contribution is 5.64. The van der Waals surface area contributed by atoms with Crippen molar-refractivity contribution in [1.82, 2.24) is 9.97 Å². The number of ether oxygens (including phenoxy) is 4. The Balaban J connectivity index is 1.33. The van der Waals surface area contributed by atoms with Crippen molar-refractivity contribution >= 4 is 5.69 Å². The molecule has 0 saturated carbocycles. The number of anilines is 1. The number of nitriles is 1. The van der Waals surface area contributed by atoms with Gasteiger partial charge in [0.25, 0.3) is 0 Å². The zero-order chi connectivity index (χ0) is 24.7. The van der Waals surface area contributed by atoms with Crippen molar-refractivity contribution in [3.05, 3.63) is 65.6 Å². The van der Waals surface area contributed by atoms with E-state index < -0.39 is 0 Å². The van der Waals surface area contributed by atoms with Gasteiger partial charge < -0.3 is 23.8 Å². The quantitative estimate of drug-likeness (QED) is 0.495. The van der Waals surface area contributed by atoms with Crippen LogP contribution in [0.1, 0.15) is 29.8 Å². The number of aromatic nitrogens is 2. The molecule has 0 bridgehead atoms. The lowest BCUT2D eigenvalue weighted by atomic mass is 10.1. The maximum atomic E-state index is 9.72. The summed E-state index contributed by atoms with van der Waals surface area (Å²) in [5.74, 6) is 2.15. The third-order valence-electron chi connectivity index (χ3n) is 6.52. The van der Waals surface area contributed by atoms with E-state index in [2.05, 4.69) is 34.2 Å². The van der Waals surface area contributed by atoms with Crippen LogP contribution in [-0.2, 0) is 15.9 Å². The van der Waals surface area contributed by atoms with Gasteiger partial charge in [0.15, 0.2) is 0 Å². The van der Waals surface area contributed by atoms with Crippen molar-refractivity contribution in [2.75, 3.05) is 51.5 Å². The third kappa shape index (κ3) is 5.59. The summed E-state index contributed by atoms with van der Waals surface area (Å²) >= 11 is 0. The van der Waals surface area contributed by atoms with Gasteiger partial charge in [-0.15, -0.1) is 0 Å². The smallest absolute Gasteiger partial charge is 0.142 e. The van der Waals surface area contributed by atoms with Crippen molar-refractivity contribution in [3.63, 3.8) is 0 Å². The molecule has 3 aromatic rings. The summed E-state index contributed by atoms with van der Waals surface area (Å²) < 4.78 is 22.6. The van der Waals surface area contributed by atoms with Gasteiger partial charge in [0.1, 0.15) is 29.5 Å². The molecule has 0 spiro atoms. The Hall–Kier alpha value is -3.67. The summed E-state index contributed by atoms with van der Waals surface area (Å²) in [5.41, 5.74) is 4.27. The minimum Gasteiger partial charge on any atom is -0.495 e. The molecule has 2 aromatic carbocycles. The zero-order valence-corrected chi connectivity index (χ0v) is 20.5.